The van der Waals surface area contributed by atoms with Crippen LogP contribution in [-0.4, -0.2) is 68.0 Å². The molecular formula is C19H23N5O3S. The third-order valence-corrected chi connectivity index (χ3v) is 6.07. The van der Waals surface area contributed by atoms with E-state index in [9.17, 15) is 9.59 Å². The molecule has 28 heavy (non-hydrogen) atoms. The number of fused-ring (bicyclic) bond motifs is 1. The van der Waals surface area contributed by atoms with E-state index in [4.69, 9.17) is 4.74 Å². The Morgan fingerprint density at radius 3 is 2.89 bits per heavy atom. The van der Waals surface area contributed by atoms with Gasteiger partial charge in [0.25, 0.3) is 11.8 Å². The molecule has 0 bridgehead atoms. The summed E-state index contributed by atoms with van der Waals surface area (Å²) in [6, 6.07) is 5.66. The molecule has 4 heterocycles. The lowest BCUT2D eigenvalue weighted by atomic mass is 9.98. The molecule has 2 aromatic rings. The zero-order chi connectivity index (χ0) is 19.7. The van der Waals surface area contributed by atoms with E-state index in [0.717, 1.165) is 23.4 Å². The predicted octanol–water partition coefficient (Wildman–Crippen LogP) is 1.66. The largest absolute Gasteiger partial charge is 0.363 e. The Hall–Kier alpha value is -2.39. The van der Waals surface area contributed by atoms with Crippen LogP contribution in [0.4, 0.5) is 0 Å². The van der Waals surface area contributed by atoms with Crippen LogP contribution in [0.15, 0.2) is 24.4 Å². The molecule has 9 heteroatoms. The Bertz CT molecular complexity index is 858. The lowest BCUT2D eigenvalue weighted by Crippen LogP contribution is -2.49. The molecule has 2 aromatic heterocycles. The van der Waals surface area contributed by atoms with E-state index in [0.29, 0.717) is 25.2 Å². The van der Waals surface area contributed by atoms with Gasteiger partial charge in [0.15, 0.2) is 5.69 Å². The molecule has 0 radical (unpaired) electrons. The minimum atomic E-state index is -0.465. The number of rotatable bonds is 4. The molecule has 2 aliphatic rings. The monoisotopic (exact) mass is 401 g/mol. The zero-order valence-electron chi connectivity index (χ0n) is 15.9. The first-order valence-electron chi connectivity index (χ1n) is 9.45. The molecular weight excluding hydrogens is 378 g/mol. The van der Waals surface area contributed by atoms with E-state index in [1.165, 1.54) is 11.5 Å². The number of carbonyl (C=O) groups is 2. The molecule has 0 unspecified atom stereocenters. The number of hydrogen-bond acceptors (Lipinski definition) is 7. The van der Waals surface area contributed by atoms with Crippen LogP contribution in [0, 0.1) is 6.92 Å². The number of carbonyl (C=O) groups excluding carboxylic acids is 2. The van der Waals surface area contributed by atoms with Gasteiger partial charge < -0.3 is 14.5 Å². The number of likely N-dealkylation sites (tertiary alicyclic amines) is 1. The lowest BCUT2D eigenvalue weighted by molar-refractivity contribution is -0.153. The lowest BCUT2D eigenvalue weighted by Gasteiger charge is -2.36. The summed E-state index contributed by atoms with van der Waals surface area (Å²) in [6.45, 7) is 2.93. The van der Waals surface area contributed by atoms with Crippen molar-refractivity contribution in [2.75, 3.05) is 13.6 Å². The van der Waals surface area contributed by atoms with Gasteiger partial charge in [-0.3, -0.25) is 14.6 Å². The summed E-state index contributed by atoms with van der Waals surface area (Å²) in [5.41, 5.74) is 1.27. The molecule has 2 amide bonds. The third kappa shape index (κ3) is 3.64. The second kappa shape index (κ2) is 7.92. The van der Waals surface area contributed by atoms with Gasteiger partial charge in [-0.1, -0.05) is 10.6 Å². The Morgan fingerprint density at radius 2 is 2.18 bits per heavy atom. The average Bonchev–Trinajstić information content (AvgIpc) is 3.33. The quantitative estimate of drug-likeness (QED) is 0.774. The number of aryl methyl sites for hydroxylation is 1. The van der Waals surface area contributed by atoms with Crippen molar-refractivity contribution in [2.24, 2.45) is 0 Å². The van der Waals surface area contributed by atoms with Crippen LogP contribution < -0.4 is 0 Å². The topological polar surface area (TPSA) is 88.5 Å². The highest BCUT2D eigenvalue weighted by Gasteiger charge is 2.44. The summed E-state index contributed by atoms with van der Waals surface area (Å²) in [7, 11) is 1.77. The molecule has 0 aliphatic carbocycles. The fourth-order valence-electron chi connectivity index (χ4n) is 3.98. The van der Waals surface area contributed by atoms with Gasteiger partial charge in [-0.05, 0) is 49.9 Å². The van der Waals surface area contributed by atoms with E-state index < -0.39 is 6.10 Å². The standard InChI is InChI=1S/C19H23N5O3S/c1-12-17(21-22-28-12)19(26)24-10-8-15-14(24)6-7-16(27-15)18(25)23(2)11-13-5-3-4-9-20-13/h3-5,9,14-16H,6-8,10-11H2,1-2H3/t14-,15-,16-/m1/s1. The highest BCUT2D eigenvalue weighted by molar-refractivity contribution is 7.05. The SMILES string of the molecule is Cc1snnc1C(=O)N1CC[C@H]2O[C@@H](C(=O)N(C)Cc3ccccn3)CC[C@H]21. The Kier molecular flexibility index (Phi) is 5.36. The molecule has 0 aromatic carbocycles. The van der Waals surface area contributed by atoms with Gasteiger partial charge in [-0.25, -0.2) is 0 Å². The van der Waals surface area contributed by atoms with Gasteiger partial charge in [-0.15, -0.1) is 5.10 Å². The molecule has 148 valence electrons. The normalized spacial score (nSPS) is 24.1. The van der Waals surface area contributed by atoms with Gasteiger partial charge in [0.2, 0.25) is 0 Å². The van der Waals surface area contributed by atoms with E-state index >= 15 is 0 Å². The van der Waals surface area contributed by atoms with Crippen molar-refractivity contribution in [3.8, 4) is 0 Å². The van der Waals surface area contributed by atoms with Gasteiger partial charge in [0.1, 0.15) is 6.10 Å². The Morgan fingerprint density at radius 1 is 1.32 bits per heavy atom. The smallest absolute Gasteiger partial charge is 0.275 e. The highest BCUT2D eigenvalue weighted by atomic mass is 32.1. The zero-order valence-corrected chi connectivity index (χ0v) is 16.8. The van der Waals surface area contributed by atoms with E-state index in [-0.39, 0.29) is 24.0 Å². The molecule has 2 aliphatic heterocycles. The number of ether oxygens (including phenoxy) is 1. The summed E-state index contributed by atoms with van der Waals surface area (Å²) >= 11 is 1.23. The number of nitrogens with zero attached hydrogens (tertiary/aromatic N) is 5. The number of amides is 2. The van der Waals surface area contributed by atoms with Crippen molar-refractivity contribution in [1.82, 2.24) is 24.4 Å². The second-order valence-corrected chi connectivity index (χ2v) is 8.25. The van der Waals surface area contributed by atoms with E-state index in [1.54, 1.807) is 18.1 Å². The predicted molar refractivity (Wildman–Crippen MR) is 103 cm³/mol. The molecule has 0 spiro atoms. The van der Waals surface area contributed by atoms with Crippen molar-refractivity contribution < 1.29 is 14.3 Å². The van der Waals surface area contributed by atoms with Crippen LogP contribution in [0.25, 0.3) is 0 Å². The second-order valence-electron chi connectivity index (χ2n) is 7.29. The van der Waals surface area contributed by atoms with Crippen LogP contribution >= 0.6 is 11.5 Å². The maximum atomic E-state index is 12.8. The summed E-state index contributed by atoms with van der Waals surface area (Å²) in [5, 5.41) is 3.97. The molecule has 8 nitrogen and oxygen atoms in total. The van der Waals surface area contributed by atoms with Crippen molar-refractivity contribution in [3.63, 3.8) is 0 Å². The Balaban J connectivity index is 1.37. The van der Waals surface area contributed by atoms with E-state index in [1.807, 2.05) is 30.0 Å². The van der Waals surface area contributed by atoms with Crippen molar-refractivity contribution in [1.29, 1.82) is 0 Å². The molecule has 0 N–H and O–H groups in total. The fourth-order valence-corrected chi connectivity index (χ4v) is 4.44. The van der Waals surface area contributed by atoms with Crippen LogP contribution in [-0.2, 0) is 16.1 Å². The van der Waals surface area contributed by atoms with Crippen LogP contribution in [0.1, 0.15) is 40.3 Å². The van der Waals surface area contributed by atoms with Crippen LogP contribution in [0.2, 0.25) is 0 Å². The van der Waals surface area contributed by atoms with E-state index in [2.05, 4.69) is 14.6 Å². The fraction of sp³-hybridized carbons (Fsp3) is 0.526. The van der Waals surface area contributed by atoms with Crippen molar-refractivity contribution >= 4 is 23.3 Å². The van der Waals surface area contributed by atoms with Crippen LogP contribution in [0.3, 0.4) is 0 Å². The first-order valence-corrected chi connectivity index (χ1v) is 10.2. The molecule has 3 atom stereocenters. The van der Waals surface area contributed by atoms with Crippen molar-refractivity contribution in [3.05, 3.63) is 40.7 Å². The highest BCUT2D eigenvalue weighted by Crippen LogP contribution is 2.33. The molecule has 0 saturated carbocycles. The summed E-state index contributed by atoms with van der Waals surface area (Å²) in [4.78, 5) is 34.2. The first-order chi connectivity index (χ1) is 13.5. The maximum Gasteiger partial charge on any atom is 0.275 e. The maximum absolute atomic E-state index is 12.8. The molecule has 4 rings (SSSR count). The van der Waals surface area contributed by atoms with Gasteiger partial charge in [-0.2, -0.15) is 0 Å². The number of pyridine rings is 1. The minimum Gasteiger partial charge on any atom is -0.363 e. The minimum absolute atomic E-state index is 0.00116. The molecule has 2 saturated heterocycles. The summed E-state index contributed by atoms with van der Waals surface area (Å²) < 4.78 is 9.98. The number of likely N-dealkylation sites (N-methyl/N-ethyl adjacent to an activating group) is 1. The van der Waals surface area contributed by atoms with Crippen molar-refractivity contribution in [2.45, 2.75) is 51.0 Å². The Labute approximate surface area is 167 Å². The number of hydrogen-bond donors (Lipinski definition) is 0. The third-order valence-electron chi connectivity index (χ3n) is 5.44. The van der Waals surface area contributed by atoms with Crippen LogP contribution in [0.5, 0.6) is 0 Å². The van der Waals surface area contributed by atoms with Gasteiger partial charge in [0.05, 0.1) is 29.3 Å². The van der Waals surface area contributed by atoms with Gasteiger partial charge >= 0.3 is 0 Å². The van der Waals surface area contributed by atoms with Gasteiger partial charge in [0, 0.05) is 19.8 Å². The number of aromatic nitrogens is 3. The average molecular weight is 401 g/mol. The summed E-state index contributed by atoms with van der Waals surface area (Å²) in [6.07, 6.45) is 3.24. The molecule has 2 fully saturated rings. The summed E-state index contributed by atoms with van der Waals surface area (Å²) in [5.74, 6) is -0.118. The first kappa shape index (κ1) is 18.9.